The van der Waals surface area contributed by atoms with Gasteiger partial charge in [-0.25, -0.2) is 0 Å². The normalized spacial score (nSPS) is 10.7. The number of alkyl halides is 2. The van der Waals surface area contributed by atoms with Crippen LogP contribution in [0, 0.1) is 6.92 Å². The number of benzene rings is 1. The molecule has 0 saturated heterocycles. The Morgan fingerprint density at radius 3 is 2.50 bits per heavy atom. The van der Waals surface area contributed by atoms with E-state index in [4.69, 9.17) is 4.42 Å². The van der Waals surface area contributed by atoms with Gasteiger partial charge in [-0.15, -0.1) is 5.10 Å². The molecule has 0 radical (unpaired) electrons. The van der Waals surface area contributed by atoms with Crippen molar-refractivity contribution in [2.45, 2.75) is 8.86 Å². The number of carbonyl (C=O) groups is 1. The molecule has 0 bridgehead atoms. The molecule has 0 aliphatic rings. The van der Waals surface area contributed by atoms with Gasteiger partial charge >= 0.3 is 6.01 Å². The largest absolute Gasteiger partial charge is 0.406 e. The Morgan fingerprint density at radius 2 is 1.94 bits per heavy atom. The van der Waals surface area contributed by atoms with E-state index >= 15 is 0 Å². The quantitative estimate of drug-likeness (QED) is 0.553. The fourth-order valence-corrected chi connectivity index (χ4v) is 1.75. The Labute approximate surface area is 131 Å². The van der Waals surface area contributed by atoms with E-state index in [2.05, 4.69) is 60.7 Å². The van der Waals surface area contributed by atoms with Crippen LogP contribution in [0.1, 0.15) is 23.7 Å². The third kappa shape index (κ3) is 3.40. The molecule has 0 atom stereocenters. The van der Waals surface area contributed by atoms with E-state index in [1.165, 1.54) is 0 Å². The smallest absolute Gasteiger partial charge is 0.322 e. The zero-order valence-corrected chi connectivity index (χ0v) is 13.7. The maximum Gasteiger partial charge on any atom is 0.322 e. The summed E-state index contributed by atoms with van der Waals surface area (Å²) < 4.78 is 5.37. The van der Waals surface area contributed by atoms with Crippen molar-refractivity contribution in [1.29, 1.82) is 0 Å². The summed E-state index contributed by atoms with van der Waals surface area (Å²) in [5, 5.41) is 10.2. The van der Waals surface area contributed by atoms with Gasteiger partial charge in [0, 0.05) is 5.56 Å². The molecule has 18 heavy (non-hydrogen) atoms. The molecule has 94 valence electrons. The highest BCUT2D eigenvalue weighted by Gasteiger charge is 2.14. The predicted molar refractivity (Wildman–Crippen MR) is 84.2 cm³/mol. The zero-order valence-electron chi connectivity index (χ0n) is 9.35. The second kappa shape index (κ2) is 5.95. The summed E-state index contributed by atoms with van der Waals surface area (Å²) in [6.45, 7) is 1.97. The SMILES string of the molecule is Cc1ccc(C(=O)Nc2nnc(C(I)I)o2)cc1. The molecular formula is C11H9I2N3O2. The molecule has 0 aliphatic carbocycles. The number of amides is 1. The monoisotopic (exact) mass is 469 g/mol. The zero-order chi connectivity index (χ0) is 13.1. The van der Waals surface area contributed by atoms with Crippen LogP contribution in [-0.4, -0.2) is 16.1 Å². The molecule has 0 unspecified atom stereocenters. The first kappa shape index (κ1) is 13.7. The van der Waals surface area contributed by atoms with Gasteiger partial charge in [0.25, 0.3) is 5.91 Å². The first-order valence-corrected chi connectivity index (χ1v) is 7.55. The van der Waals surface area contributed by atoms with E-state index in [-0.39, 0.29) is 13.9 Å². The maximum atomic E-state index is 11.9. The van der Waals surface area contributed by atoms with Crippen LogP contribution in [0.5, 0.6) is 0 Å². The molecule has 1 N–H and O–H groups in total. The molecule has 0 saturated carbocycles. The third-order valence-corrected chi connectivity index (χ3v) is 3.23. The third-order valence-electron chi connectivity index (χ3n) is 2.16. The highest BCUT2D eigenvalue weighted by molar-refractivity contribution is 14.2. The Balaban J connectivity index is 2.08. The van der Waals surface area contributed by atoms with Gasteiger partial charge in [0.15, 0.2) is 0 Å². The highest BCUT2D eigenvalue weighted by atomic mass is 127. The van der Waals surface area contributed by atoms with E-state index in [0.29, 0.717) is 11.5 Å². The van der Waals surface area contributed by atoms with Gasteiger partial charge in [-0.3, -0.25) is 10.1 Å². The summed E-state index contributed by atoms with van der Waals surface area (Å²) in [5.74, 6) is 0.221. The summed E-state index contributed by atoms with van der Waals surface area (Å²) in [4.78, 5) is 11.9. The Hall–Kier alpha value is -0.710. The lowest BCUT2D eigenvalue weighted by molar-refractivity contribution is 0.102. The lowest BCUT2D eigenvalue weighted by atomic mass is 10.1. The summed E-state index contributed by atoms with van der Waals surface area (Å²) in [5.41, 5.74) is 1.66. The van der Waals surface area contributed by atoms with Gasteiger partial charge < -0.3 is 4.42 Å². The van der Waals surface area contributed by atoms with Crippen LogP contribution in [-0.2, 0) is 0 Å². The van der Waals surface area contributed by atoms with E-state index in [0.717, 1.165) is 5.56 Å². The van der Waals surface area contributed by atoms with Crippen molar-refractivity contribution in [3.63, 3.8) is 0 Å². The van der Waals surface area contributed by atoms with Crippen LogP contribution in [0.4, 0.5) is 6.01 Å². The molecule has 1 aromatic carbocycles. The second-order valence-corrected chi connectivity index (χ2v) is 8.44. The molecule has 1 aromatic heterocycles. The molecule has 0 spiro atoms. The van der Waals surface area contributed by atoms with Crippen molar-refractivity contribution in [2.75, 3.05) is 5.32 Å². The minimum absolute atomic E-state index is 0.0812. The summed E-state index contributed by atoms with van der Waals surface area (Å²) >= 11 is 4.30. The van der Waals surface area contributed by atoms with Crippen LogP contribution in [0.25, 0.3) is 0 Å². The lowest BCUT2D eigenvalue weighted by Crippen LogP contribution is -2.11. The fourth-order valence-electron chi connectivity index (χ4n) is 1.25. The van der Waals surface area contributed by atoms with E-state index in [1.54, 1.807) is 12.1 Å². The highest BCUT2D eigenvalue weighted by Crippen LogP contribution is 2.29. The van der Waals surface area contributed by atoms with Crippen molar-refractivity contribution in [3.05, 3.63) is 41.3 Å². The molecule has 0 aliphatic heterocycles. The molecule has 2 rings (SSSR count). The standard InChI is InChI=1S/C11H9I2N3O2/c1-6-2-4-7(5-3-6)9(17)14-11-16-15-10(18-11)8(12)13/h2-5,8H,1H3,(H,14,16,17). The minimum Gasteiger partial charge on any atom is -0.406 e. The number of rotatable bonds is 3. The molecule has 1 amide bonds. The first-order chi connectivity index (χ1) is 8.56. The van der Waals surface area contributed by atoms with Gasteiger partial charge in [0.05, 0.1) is 0 Å². The van der Waals surface area contributed by atoms with E-state index < -0.39 is 0 Å². The number of hydrogen-bond acceptors (Lipinski definition) is 4. The lowest BCUT2D eigenvalue weighted by Gasteiger charge is -2.00. The van der Waals surface area contributed by atoms with Crippen molar-refractivity contribution in [2.24, 2.45) is 0 Å². The topological polar surface area (TPSA) is 68.0 Å². The Morgan fingerprint density at radius 1 is 1.28 bits per heavy atom. The van der Waals surface area contributed by atoms with E-state index in [9.17, 15) is 4.79 Å². The fraction of sp³-hybridized carbons (Fsp3) is 0.182. The summed E-state index contributed by atoms with van der Waals surface area (Å²) in [6, 6.07) is 7.37. The van der Waals surface area contributed by atoms with Crippen LogP contribution in [0.15, 0.2) is 28.7 Å². The molecule has 0 fully saturated rings. The van der Waals surface area contributed by atoms with Crippen molar-refractivity contribution in [1.82, 2.24) is 10.2 Å². The van der Waals surface area contributed by atoms with Gasteiger partial charge in [0.1, 0.15) is 1.93 Å². The van der Waals surface area contributed by atoms with Crippen LogP contribution in [0.3, 0.4) is 0 Å². The molecule has 2 aromatic rings. The average molecular weight is 469 g/mol. The van der Waals surface area contributed by atoms with Gasteiger partial charge in [-0.1, -0.05) is 68.0 Å². The summed E-state index contributed by atoms with van der Waals surface area (Å²) in [7, 11) is 0. The molecule has 7 heteroatoms. The Kier molecular flexibility index (Phi) is 4.54. The van der Waals surface area contributed by atoms with Crippen molar-refractivity contribution < 1.29 is 9.21 Å². The number of nitrogens with one attached hydrogen (secondary N) is 1. The van der Waals surface area contributed by atoms with Gasteiger partial charge in [0.2, 0.25) is 5.89 Å². The van der Waals surface area contributed by atoms with E-state index in [1.807, 2.05) is 19.1 Å². The number of aryl methyl sites for hydroxylation is 1. The first-order valence-electron chi connectivity index (χ1n) is 5.06. The van der Waals surface area contributed by atoms with Gasteiger partial charge in [-0.05, 0) is 19.1 Å². The number of aromatic nitrogens is 2. The molecule has 1 heterocycles. The number of hydrogen-bond donors (Lipinski definition) is 1. The maximum absolute atomic E-state index is 11.9. The number of carbonyl (C=O) groups excluding carboxylic acids is 1. The molecule has 5 nitrogen and oxygen atoms in total. The van der Waals surface area contributed by atoms with Crippen molar-refractivity contribution >= 4 is 57.1 Å². The minimum atomic E-state index is -0.260. The van der Waals surface area contributed by atoms with Crippen LogP contribution in [0.2, 0.25) is 0 Å². The average Bonchev–Trinajstić information content (AvgIpc) is 2.78. The number of nitrogens with zero attached hydrogens (tertiary/aromatic N) is 2. The second-order valence-electron chi connectivity index (χ2n) is 3.57. The van der Waals surface area contributed by atoms with Crippen LogP contribution >= 0.6 is 45.2 Å². The number of anilines is 1. The summed E-state index contributed by atoms with van der Waals surface area (Å²) in [6.07, 6.45) is 0. The number of halogens is 2. The van der Waals surface area contributed by atoms with Gasteiger partial charge in [-0.2, -0.15) is 0 Å². The molecular weight excluding hydrogens is 460 g/mol. The van der Waals surface area contributed by atoms with Crippen LogP contribution < -0.4 is 5.32 Å². The predicted octanol–water partition coefficient (Wildman–Crippen LogP) is 3.50. The van der Waals surface area contributed by atoms with Crippen molar-refractivity contribution in [3.8, 4) is 0 Å². The Bertz CT molecular complexity index is 552.